The molecule has 108 heavy (non-hydrogen) atoms. The molecule has 0 aliphatic heterocycles. The molecule has 12 aromatic heterocycles. The topological polar surface area (TPSA) is 300 Å². The zero-order valence-corrected chi connectivity index (χ0v) is 71.3. The summed E-state index contributed by atoms with van der Waals surface area (Å²) in [5.41, 5.74) is 7.32. The summed E-state index contributed by atoms with van der Waals surface area (Å²) in [6.07, 6.45) is 44.3. The Balaban J connectivity index is 0.000000607. The minimum Gasteiger partial charge on any atom is -0.450 e. The van der Waals surface area contributed by atoms with Crippen LogP contribution in [0.4, 0.5) is 0 Å². The van der Waals surface area contributed by atoms with E-state index in [2.05, 4.69) is 100.0 Å². The van der Waals surface area contributed by atoms with Gasteiger partial charge in [0.1, 0.15) is 0 Å². The average Bonchev–Trinajstić information content (AvgIpc) is 0.931. The van der Waals surface area contributed by atoms with Gasteiger partial charge in [0.05, 0.1) is 84.4 Å². The molecule has 570 valence electrons. The molecule has 0 saturated carbocycles. The van der Waals surface area contributed by atoms with Gasteiger partial charge in [-0.3, -0.25) is 59.0 Å². The van der Waals surface area contributed by atoms with Crippen LogP contribution in [0.2, 0.25) is 0 Å². The number of hydrogen-bond acceptors (Lipinski definition) is 19. The normalized spacial score (nSPS) is 9.37. The summed E-state index contributed by atoms with van der Waals surface area (Å²) in [5.74, 6) is -1.000. The first kappa shape index (κ1) is 97.3. The van der Waals surface area contributed by atoms with Crippen LogP contribution in [0.25, 0.3) is 45.6 Å². The third kappa shape index (κ3) is 51.5. The number of nitrogens with zero attached hydrogens (tertiary/aromatic N) is 16. The second-order valence-corrected chi connectivity index (χ2v) is 22.0. The van der Waals surface area contributed by atoms with Crippen LogP contribution in [-0.4, -0.2) is 128 Å². The number of unbranched alkanes of at least 4 members (excludes halogenated alkanes) is 4. The minimum atomic E-state index is -0.722. The number of halogens is 3. The van der Waals surface area contributed by atoms with Gasteiger partial charge in [-0.15, -0.1) is 0 Å². The van der Waals surface area contributed by atoms with Gasteiger partial charge in [0.2, 0.25) is 0 Å². The van der Waals surface area contributed by atoms with E-state index < -0.39 is 5.97 Å². The van der Waals surface area contributed by atoms with Gasteiger partial charge in [0.15, 0.2) is 0 Å². The SMILES string of the molecule is CCOC(=O)CCCCBr.CCOC(=O)CCCCn1ccnc1.CCOC(=O)CCCCn1ccnc1.O=C(O)CCCCn1ccnc1.[Cl][Os].[Cl][Os].[Na+].c1c[n-]cn1.c1ccc(-c2ccccn2)nc1.c1ccc(-c2ccccn2)nc1.c1ccc(-c2ccccn2)nc1.c1ccc(-c2ccccn2)nc1. The van der Waals surface area contributed by atoms with Crippen LogP contribution in [0.3, 0.4) is 0 Å². The Morgan fingerprint density at radius 2 is 0.620 bits per heavy atom. The van der Waals surface area contributed by atoms with Gasteiger partial charge < -0.3 is 43.0 Å². The van der Waals surface area contributed by atoms with E-state index in [1.807, 2.05) is 199 Å². The molecule has 12 heterocycles. The first-order valence-electron chi connectivity index (χ1n) is 34.2. The van der Waals surface area contributed by atoms with Gasteiger partial charge in [-0.05, 0) is 169 Å². The largest absolute Gasteiger partial charge is 1.00 e. The molecule has 0 aromatic carbocycles. The van der Waals surface area contributed by atoms with Crippen molar-refractivity contribution in [3.63, 3.8) is 0 Å². The van der Waals surface area contributed by atoms with Crippen LogP contribution in [0.15, 0.2) is 270 Å². The fourth-order valence-corrected chi connectivity index (χ4v) is 8.72. The van der Waals surface area contributed by atoms with Gasteiger partial charge in [-0.2, -0.15) is 0 Å². The Morgan fingerprint density at radius 1 is 0.370 bits per heavy atom. The van der Waals surface area contributed by atoms with Crippen molar-refractivity contribution in [1.82, 2.24) is 78.5 Å². The molecule has 12 rings (SSSR count). The van der Waals surface area contributed by atoms with E-state index in [0.29, 0.717) is 39.1 Å². The molecule has 0 atom stereocenters. The molecule has 30 heteroatoms. The average molecular weight is 1940 g/mol. The number of hydrogen-bond donors (Lipinski definition) is 1. The van der Waals surface area contributed by atoms with E-state index in [-0.39, 0.29) is 53.9 Å². The van der Waals surface area contributed by atoms with E-state index in [1.54, 1.807) is 99.5 Å². The van der Waals surface area contributed by atoms with Crippen LogP contribution in [0.5, 0.6) is 0 Å². The van der Waals surface area contributed by atoms with E-state index in [1.165, 1.54) is 41.5 Å². The third-order valence-corrected chi connectivity index (χ3v) is 13.8. The summed E-state index contributed by atoms with van der Waals surface area (Å²) in [6, 6.07) is 46.4. The number of aryl methyl sites for hydroxylation is 3. The summed E-state index contributed by atoms with van der Waals surface area (Å²) in [6.45, 7) is 9.59. The Hall–Kier alpha value is -8.75. The summed E-state index contributed by atoms with van der Waals surface area (Å²) >= 11 is 5.95. The molecule has 0 spiro atoms. The molecule has 24 nitrogen and oxygen atoms in total. The number of ether oxygens (including phenoxy) is 3. The fourth-order valence-electron chi connectivity index (χ4n) is 8.32. The Kier molecular flexibility index (Phi) is 63.0. The molecule has 1 N–H and O–H groups in total. The summed E-state index contributed by atoms with van der Waals surface area (Å²) < 4.78 is 20.3. The molecule has 0 fully saturated rings. The number of rotatable bonds is 26. The third-order valence-electron chi connectivity index (χ3n) is 13.3. The number of carboxylic acids is 1. The number of alkyl halides is 1. The fraction of sp³-hybridized carbons (Fsp3) is 0.282. The molecule has 0 radical (unpaired) electrons. The zero-order chi connectivity index (χ0) is 77.5. The van der Waals surface area contributed by atoms with Crippen molar-refractivity contribution >= 4 is 59.1 Å². The van der Waals surface area contributed by atoms with Gasteiger partial charge >= 0.3 is 108 Å². The van der Waals surface area contributed by atoms with Crippen molar-refractivity contribution in [2.24, 2.45) is 0 Å². The monoisotopic (exact) mass is 1940 g/mol. The Bertz CT molecular complexity index is 3400. The quantitative estimate of drug-likeness (QED) is 0.0173. The van der Waals surface area contributed by atoms with Crippen molar-refractivity contribution < 1.29 is 103 Å². The number of carbonyl (C=O) groups excluding carboxylic acids is 3. The van der Waals surface area contributed by atoms with Gasteiger partial charge in [-0.25, -0.2) is 15.0 Å². The second-order valence-electron chi connectivity index (χ2n) is 21.2. The molecule has 0 amide bonds. The maximum atomic E-state index is 11.0. The summed E-state index contributed by atoms with van der Waals surface area (Å²) in [5, 5.41) is 9.32. The van der Waals surface area contributed by atoms with Gasteiger partial charge in [-0.1, -0.05) is 83.2 Å². The first-order chi connectivity index (χ1) is 52.6. The first-order valence-corrected chi connectivity index (χ1v) is 41.6. The van der Waals surface area contributed by atoms with Crippen molar-refractivity contribution in [1.29, 1.82) is 0 Å². The van der Waals surface area contributed by atoms with Crippen molar-refractivity contribution in [3.8, 4) is 45.6 Å². The predicted octanol–water partition coefficient (Wildman–Crippen LogP) is 13.5. The van der Waals surface area contributed by atoms with Crippen LogP contribution in [-0.2, 0) is 88.2 Å². The smallest absolute Gasteiger partial charge is 0.450 e. The maximum Gasteiger partial charge on any atom is 1.00 e. The van der Waals surface area contributed by atoms with Crippen LogP contribution in [0, 0.1) is 0 Å². The minimum absolute atomic E-state index is 0. The molecule has 0 aliphatic rings. The molecular formula is C78H92BrCl2N16NaO8Os2. The van der Waals surface area contributed by atoms with E-state index in [4.69, 9.17) is 19.3 Å². The van der Waals surface area contributed by atoms with Crippen LogP contribution >= 0.6 is 35.2 Å². The number of aromatic nitrogens is 16. The van der Waals surface area contributed by atoms with E-state index in [9.17, 15) is 19.2 Å². The standard InChI is InChI=1S/2C10H16N2O2.4C10H8N2.C8H12N2O2.C7H13BrO2.C3H3N2.2ClH.Na.2Os/c2*1-2-14-10(13)5-3-4-7-12-8-6-11-9-12;4*1-3-7-11-9(5-1)10-6-2-4-8-12-10;11-8(12)3-1-2-5-10-6-4-9-7-10;1-2-10-7(9)5-3-4-6-8;1-2-5-3-4-1;;;;;/h2*6,8-9H,2-5,7H2,1H3;4*1-8H;4,6-7H,1-3,5H2,(H,11,12);2-6H2,1H3;1-3H;2*1H;;;/q;;;;;;;;-1;;;3*+1/p-2. The molecular weight excluding hydrogens is 1840 g/mol. The molecule has 0 aliphatic carbocycles. The number of aliphatic carboxylic acids is 1. The summed E-state index contributed by atoms with van der Waals surface area (Å²) in [4.78, 5) is 95.2. The zero-order valence-electron chi connectivity index (χ0n) is 61.1. The number of imidazole rings is 4. The second kappa shape index (κ2) is 70.0. The predicted molar refractivity (Wildman–Crippen MR) is 413 cm³/mol. The summed E-state index contributed by atoms with van der Waals surface area (Å²) in [7, 11) is 9.33. The van der Waals surface area contributed by atoms with E-state index in [0.717, 1.165) is 122 Å². The molecule has 0 saturated heterocycles. The van der Waals surface area contributed by atoms with Gasteiger partial charge in [0.25, 0.3) is 0 Å². The maximum absolute atomic E-state index is 11.0. The number of esters is 3. The van der Waals surface area contributed by atoms with Crippen LogP contribution < -0.4 is 34.5 Å². The molecule has 0 bridgehead atoms. The van der Waals surface area contributed by atoms with Gasteiger partial charge in [0, 0.05) is 137 Å². The molecule has 0 unspecified atom stereocenters. The Labute approximate surface area is 693 Å². The van der Waals surface area contributed by atoms with Crippen molar-refractivity contribution in [2.75, 3.05) is 25.2 Å². The number of carboxylic acid groups (broad SMARTS) is 1. The van der Waals surface area contributed by atoms with E-state index >= 15 is 0 Å². The Morgan fingerprint density at radius 3 is 0.787 bits per heavy atom. The number of carbonyl (C=O) groups is 4. The van der Waals surface area contributed by atoms with Crippen molar-refractivity contribution in [2.45, 2.75) is 117 Å². The van der Waals surface area contributed by atoms with Crippen LogP contribution in [0.1, 0.15) is 97.8 Å². The van der Waals surface area contributed by atoms with Crippen molar-refractivity contribution in [3.05, 3.63) is 270 Å². The molecule has 12 aromatic rings. The number of pyridine rings is 8.